The Hall–Kier alpha value is -2.24. The van der Waals surface area contributed by atoms with Crippen LogP contribution in [0.3, 0.4) is 0 Å². The fourth-order valence-electron chi connectivity index (χ4n) is 2.24. The summed E-state index contributed by atoms with van der Waals surface area (Å²) in [6.45, 7) is 1.21. The Morgan fingerprint density at radius 3 is 2.54 bits per heavy atom. The van der Waals surface area contributed by atoms with E-state index >= 15 is 0 Å². The minimum atomic E-state index is -0.0799. The second kappa shape index (κ2) is 9.15. The second-order valence-electron chi connectivity index (χ2n) is 5.14. The van der Waals surface area contributed by atoms with Gasteiger partial charge in [-0.05, 0) is 24.3 Å². The third-order valence-corrected chi connectivity index (χ3v) is 3.77. The fourth-order valence-corrected chi connectivity index (χ4v) is 2.50. The van der Waals surface area contributed by atoms with Crippen molar-refractivity contribution < 1.29 is 14.3 Å². The van der Waals surface area contributed by atoms with Crippen LogP contribution in [-0.4, -0.2) is 26.7 Å². The van der Waals surface area contributed by atoms with Crippen molar-refractivity contribution in [1.82, 2.24) is 5.32 Å². The van der Waals surface area contributed by atoms with Crippen LogP contribution >= 0.6 is 11.6 Å². The molecule has 0 spiro atoms. The van der Waals surface area contributed by atoms with Gasteiger partial charge in [-0.3, -0.25) is 4.79 Å². The van der Waals surface area contributed by atoms with Gasteiger partial charge in [-0.1, -0.05) is 29.8 Å². The van der Waals surface area contributed by atoms with Gasteiger partial charge in [0, 0.05) is 30.8 Å². The molecule has 1 amide bonds. The highest BCUT2D eigenvalue weighted by Crippen LogP contribution is 2.27. The molecular formula is C18H21ClN2O3. The highest BCUT2D eigenvalue weighted by molar-refractivity contribution is 6.32. The van der Waals surface area contributed by atoms with Gasteiger partial charge in [0.05, 0.1) is 19.2 Å². The van der Waals surface area contributed by atoms with Gasteiger partial charge in [-0.15, -0.1) is 0 Å². The smallest absolute Gasteiger partial charge is 0.225 e. The van der Waals surface area contributed by atoms with Crippen molar-refractivity contribution in [3.63, 3.8) is 0 Å². The second-order valence-corrected chi connectivity index (χ2v) is 5.54. The lowest BCUT2D eigenvalue weighted by atomic mass is 10.2. The van der Waals surface area contributed by atoms with Crippen molar-refractivity contribution in [3.05, 3.63) is 53.1 Å². The number of halogens is 1. The standard InChI is InChI=1S/C18H21ClN2O3/c1-23-16-6-4-3-5-13(16)12-20-10-9-18(22)21-14-7-8-17(24-2)15(19)11-14/h3-8,11,20H,9-10,12H2,1-2H3,(H,21,22). The van der Waals surface area contributed by atoms with Gasteiger partial charge in [-0.25, -0.2) is 0 Å². The number of rotatable bonds is 8. The van der Waals surface area contributed by atoms with Crippen LogP contribution in [0.1, 0.15) is 12.0 Å². The molecule has 0 unspecified atom stereocenters. The molecule has 0 saturated carbocycles. The average molecular weight is 349 g/mol. The normalized spacial score (nSPS) is 10.3. The summed E-state index contributed by atoms with van der Waals surface area (Å²) in [6.07, 6.45) is 0.360. The molecular weight excluding hydrogens is 328 g/mol. The third kappa shape index (κ3) is 5.15. The maximum absolute atomic E-state index is 12.0. The van der Waals surface area contributed by atoms with E-state index in [1.165, 1.54) is 0 Å². The largest absolute Gasteiger partial charge is 0.496 e. The number of anilines is 1. The number of benzene rings is 2. The van der Waals surface area contributed by atoms with Crippen molar-refractivity contribution in [3.8, 4) is 11.5 Å². The van der Waals surface area contributed by atoms with Crippen molar-refractivity contribution >= 4 is 23.2 Å². The monoisotopic (exact) mass is 348 g/mol. The lowest BCUT2D eigenvalue weighted by Crippen LogP contribution is -2.21. The molecule has 0 aliphatic carbocycles. The van der Waals surface area contributed by atoms with Crippen molar-refractivity contribution in [2.24, 2.45) is 0 Å². The lowest BCUT2D eigenvalue weighted by Gasteiger charge is -2.10. The van der Waals surface area contributed by atoms with E-state index < -0.39 is 0 Å². The van der Waals surface area contributed by atoms with Gasteiger partial charge in [0.15, 0.2) is 0 Å². The number of para-hydroxylation sites is 1. The molecule has 0 aliphatic rings. The predicted molar refractivity (Wildman–Crippen MR) is 96.0 cm³/mol. The van der Waals surface area contributed by atoms with E-state index in [-0.39, 0.29) is 5.91 Å². The number of carbonyl (C=O) groups excluding carboxylic acids is 1. The number of nitrogens with one attached hydrogen (secondary N) is 2. The molecule has 0 saturated heterocycles. The Kier molecular flexibility index (Phi) is 6.90. The Balaban J connectivity index is 1.76. The number of hydrogen-bond acceptors (Lipinski definition) is 4. The summed E-state index contributed by atoms with van der Waals surface area (Å²) in [7, 11) is 3.19. The van der Waals surface area contributed by atoms with E-state index in [2.05, 4.69) is 10.6 Å². The molecule has 0 aliphatic heterocycles. The summed E-state index contributed by atoms with van der Waals surface area (Å²) in [5, 5.41) is 6.51. The predicted octanol–water partition coefficient (Wildman–Crippen LogP) is 3.48. The van der Waals surface area contributed by atoms with E-state index in [1.807, 2.05) is 24.3 Å². The topological polar surface area (TPSA) is 59.6 Å². The van der Waals surface area contributed by atoms with Gasteiger partial charge in [0.1, 0.15) is 11.5 Å². The van der Waals surface area contributed by atoms with Crippen LogP contribution in [0.5, 0.6) is 11.5 Å². The highest BCUT2D eigenvalue weighted by Gasteiger charge is 2.06. The quantitative estimate of drug-likeness (QED) is 0.717. The van der Waals surface area contributed by atoms with Gasteiger partial charge in [0.2, 0.25) is 5.91 Å². The Labute approximate surface area is 146 Å². The number of carbonyl (C=O) groups is 1. The highest BCUT2D eigenvalue weighted by atomic mass is 35.5. The van der Waals surface area contributed by atoms with Crippen LogP contribution in [0.15, 0.2) is 42.5 Å². The number of hydrogen-bond donors (Lipinski definition) is 2. The zero-order valence-corrected chi connectivity index (χ0v) is 14.5. The number of ether oxygens (including phenoxy) is 2. The summed E-state index contributed by atoms with van der Waals surface area (Å²) in [6, 6.07) is 12.9. The van der Waals surface area contributed by atoms with Crippen LogP contribution in [0, 0.1) is 0 Å². The molecule has 2 aromatic carbocycles. The molecule has 2 aromatic rings. The third-order valence-electron chi connectivity index (χ3n) is 3.47. The molecule has 128 valence electrons. The van der Waals surface area contributed by atoms with Crippen molar-refractivity contribution in [1.29, 1.82) is 0 Å². The van der Waals surface area contributed by atoms with E-state index in [9.17, 15) is 4.79 Å². The van der Waals surface area contributed by atoms with Crippen LogP contribution in [0.25, 0.3) is 0 Å². The molecule has 0 radical (unpaired) electrons. The first-order chi connectivity index (χ1) is 11.6. The molecule has 0 bridgehead atoms. The van der Waals surface area contributed by atoms with Crippen molar-refractivity contribution in [2.45, 2.75) is 13.0 Å². The molecule has 24 heavy (non-hydrogen) atoms. The maximum atomic E-state index is 12.0. The summed E-state index contributed by atoms with van der Waals surface area (Å²) in [4.78, 5) is 12.0. The van der Waals surface area contributed by atoms with Crippen LogP contribution in [0.4, 0.5) is 5.69 Å². The van der Waals surface area contributed by atoms with Gasteiger partial charge < -0.3 is 20.1 Å². The van der Waals surface area contributed by atoms with Gasteiger partial charge in [0.25, 0.3) is 0 Å². The summed E-state index contributed by atoms with van der Waals surface area (Å²) in [5.41, 5.74) is 1.71. The fraction of sp³-hybridized carbons (Fsp3) is 0.278. The van der Waals surface area contributed by atoms with Crippen LogP contribution < -0.4 is 20.1 Å². The molecule has 2 N–H and O–H groups in total. The molecule has 0 heterocycles. The molecule has 6 heteroatoms. The zero-order chi connectivity index (χ0) is 17.4. The minimum absolute atomic E-state index is 0.0799. The first-order valence-electron chi connectivity index (χ1n) is 7.60. The first-order valence-corrected chi connectivity index (χ1v) is 7.98. The molecule has 5 nitrogen and oxygen atoms in total. The average Bonchev–Trinajstić information content (AvgIpc) is 2.59. The van der Waals surface area contributed by atoms with E-state index in [0.29, 0.717) is 36.0 Å². The number of amides is 1. The lowest BCUT2D eigenvalue weighted by molar-refractivity contribution is -0.116. The van der Waals surface area contributed by atoms with E-state index in [1.54, 1.807) is 32.4 Å². The summed E-state index contributed by atoms with van der Waals surface area (Å²) in [5.74, 6) is 1.33. The Bertz CT molecular complexity index is 692. The minimum Gasteiger partial charge on any atom is -0.496 e. The molecule has 0 aromatic heterocycles. The Morgan fingerprint density at radius 1 is 1.08 bits per heavy atom. The van der Waals surface area contributed by atoms with Gasteiger partial charge in [-0.2, -0.15) is 0 Å². The Morgan fingerprint density at radius 2 is 1.83 bits per heavy atom. The summed E-state index contributed by atoms with van der Waals surface area (Å²) < 4.78 is 10.4. The molecule has 0 fully saturated rings. The summed E-state index contributed by atoms with van der Waals surface area (Å²) >= 11 is 6.04. The zero-order valence-electron chi connectivity index (χ0n) is 13.8. The van der Waals surface area contributed by atoms with E-state index in [4.69, 9.17) is 21.1 Å². The van der Waals surface area contributed by atoms with E-state index in [0.717, 1.165) is 11.3 Å². The SMILES string of the molecule is COc1ccc(NC(=O)CCNCc2ccccc2OC)cc1Cl. The molecule has 2 rings (SSSR count). The van der Waals surface area contributed by atoms with Crippen LogP contribution in [0.2, 0.25) is 5.02 Å². The maximum Gasteiger partial charge on any atom is 0.225 e. The van der Waals surface area contributed by atoms with Crippen molar-refractivity contribution in [2.75, 3.05) is 26.1 Å². The number of methoxy groups -OCH3 is 2. The van der Waals surface area contributed by atoms with Crippen LogP contribution in [-0.2, 0) is 11.3 Å². The first kappa shape index (κ1) is 18.1. The molecule has 0 atom stereocenters. The van der Waals surface area contributed by atoms with Gasteiger partial charge >= 0.3 is 0 Å².